The van der Waals surface area contributed by atoms with Crippen LogP contribution in [-0.2, 0) is 9.47 Å². The molecule has 36 heavy (non-hydrogen) atoms. The van der Waals surface area contributed by atoms with E-state index in [0.29, 0.717) is 56.7 Å². The van der Waals surface area contributed by atoms with E-state index in [-0.39, 0.29) is 5.78 Å². The lowest BCUT2D eigenvalue weighted by Crippen LogP contribution is -2.57. The third kappa shape index (κ3) is 3.05. The van der Waals surface area contributed by atoms with Crippen LogP contribution in [-0.4, -0.2) is 91.8 Å². The number of fused-ring (bicyclic) bond motifs is 4. The number of nitrogens with zero attached hydrogens (tertiary/aromatic N) is 2. The second kappa shape index (κ2) is 8.45. The van der Waals surface area contributed by atoms with Gasteiger partial charge in [-0.25, -0.2) is 0 Å². The lowest BCUT2D eigenvalue weighted by atomic mass is 9.96. The quantitative estimate of drug-likeness (QED) is 0.485. The Morgan fingerprint density at radius 3 is 2.06 bits per heavy atom. The van der Waals surface area contributed by atoms with E-state index in [1.807, 2.05) is 12.1 Å². The SMILES string of the molecule is COc1c2c3c(c4c1[N+]1(CCCO4)CCOCC1)OCCC[N+]1(CCOCC1)c1cccc(c1-2)C3=O. The third-order valence-corrected chi connectivity index (χ3v) is 8.90. The summed E-state index contributed by atoms with van der Waals surface area (Å²) in [5, 5.41) is 0. The van der Waals surface area contributed by atoms with Gasteiger partial charge >= 0.3 is 0 Å². The standard InChI is InChI=1S/C28H34N2O6/c1-32-26-22-21-19-5-2-6-20(21)29(9-15-33-16-10-29)7-3-13-35-27(23(22)25(19)31)28-24(26)30(8-4-14-36-28)11-17-34-18-12-30/h2,5-6H,3-4,7-18H2,1H3/q+2. The van der Waals surface area contributed by atoms with Gasteiger partial charge in [-0.05, 0) is 12.1 Å². The molecule has 0 N–H and O–H groups in total. The molecule has 7 rings (SSSR count). The average molecular weight is 495 g/mol. The van der Waals surface area contributed by atoms with E-state index < -0.39 is 0 Å². The number of carbonyl (C=O) groups is 1. The molecule has 8 heteroatoms. The van der Waals surface area contributed by atoms with Gasteiger partial charge in [-0.1, -0.05) is 6.07 Å². The molecule has 2 saturated heterocycles. The minimum Gasteiger partial charge on any atom is -0.490 e. The van der Waals surface area contributed by atoms with E-state index in [2.05, 4.69) is 6.07 Å². The second-order valence-electron chi connectivity index (χ2n) is 10.6. The zero-order valence-corrected chi connectivity index (χ0v) is 21.0. The fraction of sp³-hybridized carbons (Fsp3) is 0.536. The molecule has 0 radical (unpaired) electrons. The van der Waals surface area contributed by atoms with Crippen LogP contribution in [0, 0.1) is 0 Å². The van der Waals surface area contributed by atoms with Crippen molar-refractivity contribution in [3.05, 3.63) is 29.3 Å². The molecule has 1 aliphatic carbocycles. The molecule has 2 spiro atoms. The summed E-state index contributed by atoms with van der Waals surface area (Å²) < 4.78 is 32.4. The van der Waals surface area contributed by atoms with E-state index in [9.17, 15) is 4.79 Å². The number of benzene rings is 2. The fourth-order valence-electron chi connectivity index (χ4n) is 7.16. The van der Waals surface area contributed by atoms with Gasteiger partial charge in [0.15, 0.2) is 17.3 Å². The molecule has 0 aromatic heterocycles. The number of ether oxygens (including phenoxy) is 5. The molecule has 5 aliphatic rings. The first-order valence-electron chi connectivity index (χ1n) is 13.3. The summed E-state index contributed by atoms with van der Waals surface area (Å²) in [6, 6.07) is 6.22. The van der Waals surface area contributed by atoms with Crippen LogP contribution < -0.4 is 23.2 Å². The molecule has 2 aromatic carbocycles. The molecular weight excluding hydrogens is 460 g/mol. The van der Waals surface area contributed by atoms with Gasteiger partial charge in [-0.3, -0.25) is 13.8 Å². The van der Waals surface area contributed by atoms with Crippen LogP contribution in [0.5, 0.6) is 17.2 Å². The van der Waals surface area contributed by atoms with Crippen molar-refractivity contribution in [3.63, 3.8) is 0 Å². The van der Waals surface area contributed by atoms with E-state index >= 15 is 0 Å². The molecule has 2 fully saturated rings. The Balaban J connectivity index is 1.59. The van der Waals surface area contributed by atoms with Crippen molar-refractivity contribution in [2.24, 2.45) is 0 Å². The Bertz CT molecular complexity index is 1230. The molecule has 0 unspecified atom stereocenters. The van der Waals surface area contributed by atoms with Crippen LogP contribution in [0.4, 0.5) is 11.4 Å². The highest BCUT2D eigenvalue weighted by atomic mass is 16.5. The Morgan fingerprint density at radius 1 is 0.722 bits per heavy atom. The first kappa shape index (κ1) is 22.5. The van der Waals surface area contributed by atoms with Crippen molar-refractivity contribution < 1.29 is 28.5 Å². The molecule has 0 atom stereocenters. The number of carbonyl (C=O) groups excluding carboxylic acids is 1. The molecule has 4 aliphatic heterocycles. The Hall–Kier alpha value is -2.65. The Morgan fingerprint density at radius 2 is 1.36 bits per heavy atom. The van der Waals surface area contributed by atoms with Gasteiger partial charge in [0.25, 0.3) is 0 Å². The maximum atomic E-state index is 14.1. The van der Waals surface area contributed by atoms with Crippen LogP contribution in [0.25, 0.3) is 11.1 Å². The molecule has 4 heterocycles. The Kier molecular flexibility index (Phi) is 5.29. The molecule has 2 aromatic rings. The van der Waals surface area contributed by atoms with Crippen LogP contribution in [0.3, 0.4) is 0 Å². The van der Waals surface area contributed by atoms with Gasteiger partial charge < -0.3 is 23.7 Å². The fourth-order valence-corrected chi connectivity index (χ4v) is 7.16. The van der Waals surface area contributed by atoms with Gasteiger partial charge in [0, 0.05) is 18.4 Å². The number of rotatable bonds is 1. The summed E-state index contributed by atoms with van der Waals surface area (Å²) in [6.45, 7) is 9.32. The first-order chi connectivity index (χ1) is 17.7. The van der Waals surface area contributed by atoms with Crippen molar-refractivity contribution in [1.29, 1.82) is 0 Å². The van der Waals surface area contributed by atoms with Crippen LogP contribution in [0.1, 0.15) is 28.8 Å². The summed E-state index contributed by atoms with van der Waals surface area (Å²) in [7, 11) is 1.73. The summed E-state index contributed by atoms with van der Waals surface area (Å²) in [6.07, 6.45) is 1.82. The summed E-state index contributed by atoms with van der Waals surface area (Å²) >= 11 is 0. The highest BCUT2D eigenvalue weighted by Crippen LogP contribution is 2.61. The third-order valence-electron chi connectivity index (χ3n) is 8.90. The van der Waals surface area contributed by atoms with Crippen LogP contribution >= 0.6 is 0 Å². The predicted molar refractivity (Wildman–Crippen MR) is 137 cm³/mol. The van der Waals surface area contributed by atoms with Gasteiger partial charge in [0.1, 0.15) is 31.9 Å². The summed E-state index contributed by atoms with van der Waals surface area (Å²) in [5.41, 5.74) is 5.48. The van der Waals surface area contributed by atoms with Gasteiger partial charge in [0.2, 0.25) is 11.4 Å². The van der Waals surface area contributed by atoms with Crippen LogP contribution in [0.2, 0.25) is 0 Å². The number of morpholine rings is 2. The van der Waals surface area contributed by atoms with Crippen molar-refractivity contribution >= 4 is 17.2 Å². The number of hydrogen-bond acceptors (Lipinski definition) is 6. The lowest BCUT2D eigenvalue weighted by Gasteiger charge is -2.43. The van der Waals surface area contributed by atoms with Gasteiger partial charge in [-0.15, -0.1) is 0 Å². The zero-order valence-electron chi connectivity index (χ0n) is 21.0. The molecular formula is C28H34N2O6+2. The minimum atomic E-state index is 0.00707. The topological polar surface area (TPSA) is 63.2 Å². The monoisotopic (exact) mass is 494 g/mol. The molecule has 0 amide bonds. The number of quaternary nitrogens is 2. The van der Waals surface area contributed by atoms with E-state index in [4.69, 9.17) is 23.7 Å². The van der Waals surface area contributed by atoms with Crippen LogP contribution in [0.15, 0.2) is 18.2 Å². The minimum absolute atomic E-state index is 0.00707. The molecule has 0 saturated carbocycles. The summed E-state index contributed by atoms with van der Waals surface area (Å²) in [5.74, 6) is 2.08. The maximum Gasteiger partial charge on any atom is 0.227 e. The number of hydrogen-bond donors (Lipinski definition) is 0. The largest absolute Gasteiger partial charge is 0.490 e. The smallest absolute Gasteiger partial charge is 0.227 e. The zero-order chi connectivity index (χ0) is 24.3. The van der Waals surface area contributed by atoms with Gasteiger partial charge in [-0.2, -0.15) is 0 Å². The van der Waals surface area contributed by atoms with E-state index in [1.165, 1.54) is 5.69 Å². The molecule has 8 nitrogen and oxygen atoms in total. The van der Waals surface area contributed by atoms with Crippen molar-refractivity contribution in [2.45, 2.75) is 12.8 Å². The second-order valence-corrected chi connectivity index (χ2v) is 10.6. The predicted octanol–water partition coefficient (Wildman–Crippen LogP) is 3.15. The molecule has 4 bridgehead atoms. The maximum absolute atomic E-state index is 14.1. The number of ketones is 1. The van der Waals surface area contributed by atoms with E-state index in [0.717, 1.165) is 89.2 Å². The van der Waals surface area contributed by atoms with Crippen molar-refractivity contribution in [1.82, 2.24) is 8.97 Å². The average Bonchev–Trinajstić information content (AvgIpc) is 3.09. The van der Waals surface area contributed by atoms with Gasteiger partial charge in [0.05, 0.1) is 76.5 Å². The highest BCUT2D eigenvalue weighted by Gasteiger charge is 2.50. The number of methoxy groups -OCH3 is 1. The normalized spacial score (nSPS) is 23.4. The van der Waals surface area contributed by atoms with Crippen molar-refractivity contribution in [3.8, 4) is 28.4 Å². The summed E-state index contributed by atoms with van der Waals surface area (Å²) in [4.78, 5) is 14.1. The first-order valence-corrected chi connectivity index (χ1v) is 13.3. The van der Waals surface area contributed by atoms with E-state index in [1.54, 1.807) is 7.11 Å². The highest BCUT2D eigenvalue weighted by molar-refractivity contribution is 6.27. The molecule has 190 valence electrons. The Labute approximate surface area is 211 Å². The lowest BCUT2D eigenvalue weighted by molar-refractivity contribution is 0.0385. The van der Waals surface area contributed by atoms with Crippen molar-refractivity contribution in [2.75, 3.05) is 86.0 Å².